The highest BCUT2D eigenvalue weighted by Gasteiger charge is 2.14. The highest BCUT2D eigenvalue weighted by atomic mass is 16.5. The Bertz CT molecular complexity index is 665. The van der Waals surface area contributed by atoms with Crippen molar-refractivity contribution in [1.82, 2.24) is 5.32 Å². The molecule has 6 nitrogen and oxygen atoms in total. The Morgan fingerprint density at radius 3 is 2.67 bits per heavy atom. The Morgan fingerprint density at radius 1 is 1.17 bits per heavy atom. The van der Waals surface area contributed by atoms with Gasteiger partial charge in [0.05, 0.1) is 18.4 Å². The number of benzene rings is 1. The molecule has 1 amide bonds. The Kier molecular flexibility index (Phi) is 6.42. The van der Waals surface area contributed by atoms with Crippen LogP contribution in [0.4, 0.5) is 5.69 Å². The summed E-state index contributed by atoms with van der Waals surface area (Å²) in [7, 11) is 0. The average Bonchev–Trinajstić information content (AvgIpc) is 3.09. The molecular formula is C18H22N2O4. The third kappa shape index (κ3) is 5.46. The topological polar surface area (TPSA) is 80.6 Å². The van der Waals surface area contributed by atoms with E-state index >= 15 is 0 Å². The highest BCUT2D eigenvalue weighted by Crippen LogP contribution is 2.17. The number of amides is 1. The van der Waals surface area contributed by atoms with Gasteiger partial charge in [-0.1, -0.05) is 26.0 Å². The summed E-state index contributed by atoms with van der Waals surface area (Å²) in [6.07, 6.45) is 1.59. The van der Waals surface area contributed by atoms with E-state index in [4.69, 9.17) is 9.15 Å². The van der Waals surface area contributed by atoms with E-state index in [0.717, 1.165) is 5.76 Å². The quantitative estimate of drug-likeness (QED) is 0.728. The molecule has 0 saturated carbocycles. The van der Waals surface area contributed by atoms with Crippen LogP contribution in [0, 0.1) is 5.92 Å². The lowest BCUT2D eigenvalue weighted by Gasteiger charge is -2.11. The third-order valence-electron chi connectivity index (χ3n) is 3.22. The fourth-order valence-electron chi connectivity index (χ4n) is 1.99. The first-order chi connectivity index (χ1) is 11.6. The molecule has 6 heteroatoms. The number of anilines is 1. The number of carbonyl (C=O) groups excluding carboxylic acids is 2. The molecule has 2 rings (SSSR count). The number of esters is 1. The molecule has 0 fully saturated rings. The maximum absolute atomic E-state index is 12.2. The van der Waals surface area contributed by atoms with E-state index in [1.807, 2.05) is 26.0 Å². The number of carbonyl (C=O) groups is 2. The number of hydrogen-bond donors (Lipinski definition) is 2. The van der Waals surface area contributed by atoms with Crippen LogP contribution >= 0.6 is 0 Å². The summed E-state index contributed by atoms with van der Waals surface area (Å²) < 4.78 is 10.3. The van der Waals surface area contributed by atoms with Gasteiger partial charge in [0, 0.05) is 12.2 Å². The fourth-order valence-corrected chi connectivity index (χ4v) is 1.99. The second-order valence-corrected chi connectivity index (χ2v) is 5.75. The Labute approximate surface area is 141 Å². The van der Waals surface area contributed by atoms with E-state index in [0.29, 0.717) is 30.3 Å². The van der Waals surface area contributed by atoms with Gasteiger partial charge in [0.2, 0.25) is 0 Å². The van der Waals surface area contributed by atoms with Crippen LogP contribution in [0.25, 0.3) is 0 Å². The number of rotatable bonds is 8. The van der Waals surface area contributed by atoms with E-state index in [-0.39, 0.29) is 12.5 Å². The first-order valence-electron chi connectivity index (χ1n) is 7.85. The van der Waals surface area contributed by atoms with Crippen LogP contribution in [0.1, 0.15) is 30.0 Å². The van der Waals surface area contributed by atoms with Crippen molar-refractivity contribution < 1.29 is 18.7 Å². The smallest absolute Gasteiger partial charge is 0.340 e. The van der Waals surface area contributed by atoms with Gasteiger partial charge < -0.3 is 19.8 Å². The van der Waals surface area contributed by atoms with Gasteiger partial charge >= 0.3 is 5.97 Å². The van der Waals surface area contributed by atoms with E-state index < -0.39 is 5.97 Å². The summed E-state index contributed by atoms with van der Waals surface area (Å²) in [6.45, 7) is 4.70. The highest BCUT2D eigenvalue weighted by molar-refractivity contribution is 5.96. The minimum atomic E-state index is -0.544. The largest absolute Gasteiger partial charge is 0.467 e. The van der Waals surface area contributed by atoms with Crippen LogP contribution in [0.15, 0.2) is 47.1 Å². The summed E-state index contributed by atoms with van der Waals surface area (Å²) in [5.74, 6) is 0.248. The molecule has 0 aliphatic heterocycles. The molecule has 0 aliphatic rings. The molecule has 0 aliphatic carbocycles. The van der Waals surface area contributed by atoms with Crippen molar-refractivity contribution in [3.8, 4) is 0 Å². The Balaban J connectivity index is 1.90. The van der Waals surface area contributed by atoms with Crippen LogP contribution in [0.5, 0.6) is 0 Å². The van der Waals surface area contributed by atoms with Gasteiger partial charge in [-0.15, -0.1) is 0 Å². The molecule has 2 aromatic rings. The minimum absolute atomic E-state index is 0.294. The van der Waals surface area contributed by atoms with Gasteiger partial charge in [0.15, 0.2) is 6.61 Å². The van der Waals surface area contributed by atoms with Crippen molar-refractivity contribution in [1.29, 1.82) is 0 Å². The maximum Gasteiger partial charge on any atom is 0.340 e. The van der Waals surface area contributed by atoms with E-state index in [2.05, 4.69) is 10.6 Å². The number of para-hydroxylation sites is 1. The van der Waals surface area contributed by atoms with Gasteiger partial charge in [0.25, 0.3) is 5.91 Å². The van der Waals surface area contributed by atoms with Crippen molar-refractivity contribution in [2.75, 3.05) is 18.5 Å². The zero-order chi connectivity index (χ0) is 17.4. The molecule has 0 unspecified atom stereocenters. The number of nitrogens with one attached hydrogen (secondary N) is 2. The first kappa shape index (κ1) is 17.6. The summed E-state index contributed by atoms with van der Waals surface area (Å²) in [5.41, 5.74) is 1.00. The summed E-state index contributed by atoms with van der Waals surface area (Å²) in [5, 5.41) is 5.83. The normalized spacial score (nSPS) is 10.5. The van der Waals surface area contributed by atoms with Crippen LogP contribution in [0.3, 0.4) is 0 Å². The van der Waals surface area contributed by atoms with Gasteiger partial charge in [-0.3, -0.25) is 4.79 Å². The molecule has 128 valence electrons. The SMILES string of the molecule is CC(C)CNC(=O)COC(=O)c1ccccc1NCc1ccco1. The van der Waals surface area contributed by atoms with Crippen molar-refractivity contribution in [3.63, 3.8) is 0 Å². The van der Waals surface area contributed by atoms with Crippen LogP contribution in [0.2, 0.25) is 0 Å². The minimum Gasteiger partial charge on any atom is -0.467 e. The van der Waals surface area contributed by atoms with Crippen LogP contribution < -0.4 is 10.6 Å². The summed E-state index contributed by atoms with van der Waals surface area (Å²) >= 11 is 0. The lowest BCUT2D eigenvalue weighted by atomic mass is 10.2. The summed E-state index contributed by atoms with van der Waals surface area (Å²) in [4.78, 5) is 23.8. The Morgan fingerprint density at radius 2 is 1.96 bits per heavy atom. The van der Waals surface area contributed by atoms with Gasteiger partial charge in [-0.2, -0.15) is 0 Å². The molecule has 0 atom stereocenters. The fraction of sp³-hybridized carbons (Fsp3) is 0.333. The molecule has 2 N–H and O–H groups in total. The average molecular weight is 330 g/mol. The molecule has 0 bridgehead atoms. The van der Waals surface area contributed by atoms with Gasteiger partial charge in [-0.05, 0) is 30.2 Å². The zero-order valence-corrected chi connectivity index (χ0v) is 13.9. The van der Waals surface area contributed by atoms with Crippen molar-refractivity contribution in [2.24, 2.45) is 5.92 Å². The standard InChI is InChI=1S/C18H22N2O4/c1-13(2)10-20-17(21)12-24-18(22)15-7-3-4-8-16(15)19-11-14-6-5-9-23-14/h3-9,13,19H,10-12H2,1-2H3,(H,20,21). The number of hydrogen-bond acceptors (Lipinski definition) is 5. The second kappa shape index (κ2) is 8.76. The van der Waals surface area contributed by atoms with Crippen molar-refractivity contribution in [2.45, 2.75) is 20.4 Å². The lowest BCUT2D eigenvalue weighted by molar-refractivity contribution is -0.124. The van der Waals surface area contributed by atoms with Crippen LogP contribution in [-0.4, -0.2) is 25.0 Å². The predicted octanol–water partition coefficient (Wildman–Crippen LogP) is 2.82. The summed E-state index contributed by atoms with van der Waals surface area (Å²) in [6, 6.07) is 10.6. The molecule has 1 aromatic carbocycles. The van der Waals surface area contributed by atoms with Crippen molar-refractivity contribution in [3.05, 3.63) is 54.0 Å². The van der Waals surface area contributed by atoms with Gasteiger partial charge in [0.1, 0.15) is 5.76 Å². The molecule has 0 spiro atoms. The maximum atomic E-state index is 12.2. The number of furan rings is 1. The van der Waals surface area contributed by atoms with E-state index in [1.54, 1.807) is 30.5 Å². The number of ether oxygens (including phenoxy) is 1. The zero-order valence-electron chi connectivity index (χ0n) is 13.9. The molecular weight excluding hydrogens is 308 g/mol. The molecule has 1 aromatic heterocycles. The molecule has 0 saturated heterocycles. The molecule has 24 heavy (non-hydrogen) atoms. The lowest BCUT2D eigenvalue weighted by Crippen LogP contribution is -2.31. The molecule has 1 heterocycles. The van der Waals surface area contributed by atoms with Crippen LogP contribution in [-0.2, 0) is 16.1 Å². The Hall–Kier alpha value is -2.76. The second-order valence-electron chi connectivity index (χ2n) is 5.75. The monoisotopic (exact) mass is 330 g/mol. The molecule has 0 radical (unpaired) electrons. The van der Waals surface area contributed by atoms with Crippen molar-refractivity contribution >= 4 is 17.6 Å². The first-order valence-corrected chi connectivity index (χ1v) is 7.85. The van der Waals surface area contributed by atoms with Gasteiger partial charge in [-0.25, -0.2) is 4.79 Å². The van der Waals surface area contributed by atoms with E-state index in [1.165, 1.54) is 0 Å². The van der Waals surface area contributed by atoms with E-state index in [9.17, 15) is 9.59 Å². The third-order valence-corrected chi connectivity index (χ3v) is 3.22. The predicted molar refractivity (Wildman–Crippen MR) is 90.6 cm³/mol.